The molecule has 26 heavy (non-hydrogen) atoms. The van der Waals surface area contributed by atoms with E-state index >= 15 is 0 Å². The van der Waals surface area contributed by atoms with Gasteiger partial charge < -0.3 is 19.3 Å². The molecule has 0 aromatic carbocycles. The van der Waals surface area contributed by atoms with E-state index in [0.717, 1.165) is 12.4 Å². The highest BCUT2D eigenvalue weighted by Gasteiger charge is 2.45. The molecule has 0 saturated carbocycles. The molecule has 3 rings (SSSR count). The van der Waals surface area contributed by atoms with Crippen molar-refractivity contribution >= 4 is 11.7 Å². The van der Waals surface area contributed by atoms with Crippen LogP contribution in [0.5, 0.6) is 0 Å². The first-order valence-corrected chi connectivity index (χ1v) is 8.32. The van der Waals surface area contributed by atoms with Gasteiger partial charge in [-0.2, -0.15) is 13.2 Å². The van der Waals surface area contributed by atoms with Crippen molar-refractivity contribution < 1.29 is 27.4 Å². The van der Waals surface area contributed by atoms with Crippen LogP contribution in [-0.2, 0) is 20.4 Å². The van der Waals surface area contributed by atoms with Gasteiger partial charge >= 0.3 is 6.18 Å². The molecule has 0 bridgehead atoms. The Morgan fingerprint density at radius 1 is 1.35 bits per heavy atom. The van der Waals surface area contributed by atoms with Crippen LogP contribution in [0, 0.1) is 5.41 Å². The average molecular weight is 374 g/mol. The molecule has 2 aliphatic rings. The van der Waals surface area contributed by atoms with Gasteiger partial charge in [0, 0.05) is 51.2 Å². The lowest BCUT2D eigenvalue weighted by molar-refractivity contribution is -0.141. The van der Waals surface area contributed by atoms with E-state index in [4.69, 9.17) is 9.47 Å². The van der Waals surface area contributed by atoms with Crippen molar-refractivity contribution in [1.29, 1.82) is 0 Å². The lowest BCUT2D eigenvalue weighted by Gasteiger charge is -2.32. The summed E-state index contributed by atoms with van der Waals surface area (Å²) in [5.41, 5.74) is -1.45. The minimum Gasteiger partial charge on any atom is -0.383 e. The number of alkyl halides is 3. The summed E-state index contributed by atoms with van der Waals surface area (Å²) >= 11 is 0. The molecule has 2 saturated heterocycles. The van der Waals surface area contributed by atoms with E-state index in [1.54, 1.807) is 16.9 Å². The number of rotatable bonds is 4. The minimum atomic E-state index is -4.53. The Morgan fingerprint density at radius 2 is 2.15 bits per heavy atom. The Hall–Kier alpha value is -1.94. The number of nitrogens with zero attached hydrogens (tertiary/aromatic N) is 4. The van der Waals surface area contributed by atoms with Crippen molar-refractivity contribution in [3.8, 4) is 0 Å². The first kappa shape index (κ1) is 18.8. The molecule has 3 heterocycles. The number of aromatic nitrogens is 2. The van der Waals surface area contributed by atoms with Crippen molar-refractivity contribution in [2.45, 2.75) is 12.6 Å². The van der Waals surface area contributed by atoms with Gasteiger partial charge in [-0.3, -0.25) is 4.79 Å². The number of ether oxygens (including phenoxy) is 2. The molecule has 1 atom stereocenters. The van der Waals surface area contributed by atoms with E-state index in [9.17, 15) is 18.0 Å². The molecule has 0 unspecified atom stereocenters. The van der Waals surface area contributed by atoms with Crippen molar-refractivity contribution in [2.75, 3.05) is 58.0 Å². The highest BCUT2D eigenvalue weighted by atomic mass is 19.4. The summed E-state index contributed by atoms with van der Waals surface area (Å²) in [7, 11) is 1.57. The van der Waals surface area contributed by atoms with E-state index in [1.807, 2.05) is 0 Å². The van der Waals surface area contributed by atoms with Crippen molar-refractivity contribution in [3.05, 3.63) is 18.1 Å². The monoisotopic (exact) mass is 374 g/mol. The van der Waals surface area contributed by atoms with Crippen LogP contribution in [0.4, 0.5) is 19.0 Å². The van der Waals surface area contributed by atoms with Gasteiger partial charge in [0.25, 0.3) is 0 Å². The van der Waals surface area contributed by atoms with Gasteiger partial charge in [0.1, 0.15) is 17.8 Å². The van der Waals surface area contributed by atoms with Crippen LogP contribution in [0.3, 0.4) is 0 Å². The van der Waals surface area contributed by atoms with Crippen molar-refractivity contribution in [3.63, 3.8) is 0 Å². The second-order valence-corrected chi connectivity index (χ2v) is 6.72. The molecule has 1 spiro atoms. The number of carbonyl (C=O) groups is 1. The Kier molecular flexibility index (Phi) is 5.33. The van der Waals surface area contributed by atoms with Gasteiger partial charge in [0.15, 0.2) is 0 Å². The minimum absolute atomic E-state index is 0.00571. The number of halogens is 3. The predicted molar refractivity (Wildman–Crippen MR) is 85.6 cm³/mol. The second kappa shape index (κ2) is 7.36. The Morgan fingerprint density at radius 3 is 2.88 bits per heavy atom. The maximum absolute atomic E-state index is 12.9. The third-order valence-corrected chi connectivity index (χ3v) is 4.68. The third-order valence-electron chi connectivity index (χ3n) is 4.68. The third kappa shape index (κ3) is 4.07. The van der Waals surface area contributed by atoms with E-state index in [0.29, 0.717) is 52.4 Å². The highest BCUT2D eigenvalue weighted by Crippen LogP contribution is 2.36. The molecule has 144 valence electrons. The van der Waals surface area contributed by atoms with Crippen LogP contribution in [0.25, 0.3) is 0 Å². The summed E-state index contributed by atoms with van der Waals surface area (Å²) in [6, 6.07) is 0.943. The van der Waals surface area contributed by atoms with Crippen LogP contribution in [0.1, 0.15) is 12.1 Å². The topological polar surface area (TPSA) is 67.8 Å². The average Bonchev–Trinajstić information content (AvgIpc) is 2.77. The van der Waals surface area contributed by atoms with Gasteiger partial charge in [-0.05, 0) is 0 Å². The molecule has 1 aromatic heterocycles. The van der Waals surface area contributed by atoms with Crippen LogP contribution in [0.2, 0.25) is 0 Å². The standard InChI is InChI=1S/C16H21F3N4O3/c1-25-4-2-23-9-15(7-14(23)24)8-22(3-5-26-10-15)13-6-12(16(17,18)19)20-11-21-13/h6,11H,2-5,7-10H2,1H3/t15-/m0/s1. The number of anilines is 1. The molecule has 0 radical (unpaired) electrons. The number of methoxy groups -OCH3 is 1. The zero-order valence-corrected chi connectivity index (χ0v) is 14.5. The van der Waals surface area contributed by atoms with Crippen LogP contribution >= 0.6 is 0 Å². The fourth-order valence-corrected chi connectivity index (χ4v) is 3.45. The molecule has 1 aromatic rings. The zero-order chi connectivity index (χ0) is 18.8. The zero-order valence-electron chi connectivity index (χ0n) is 14.5. The summed E-state index contributed by atoms with van der Waals surface area (Å²) in [6.45, 7) is 2.97. The molecule has 0 aliphatic carbocycles. The normalized spacial score (nSPS) is 24.4. The lowest BCUT2D eigenvalue weighted by atomic mass is 9.87. The molecule has 7 nitrogen and oxygen atoms in total. The van der Waals surface area contributed by atoms with Gasteiger partial charge in [-0.15, -0.1) is 0 Å². The first-order valence-electron chi connectivity index (χ1n) is 8.32. The first-order chi connectivity index (χ1) is 12.3. The number of hydrogen-bond donors (Lipinski definition) is 0. The fourth-order valence-electron chi connectivity index (χ4n) is 3.45. The smallest absolute Gasteiger partial charge is 0.383 e. The molecular formula is C16H21F3N4O3. The number of amides is 1. The van der Waals surface area contributed by atoms with Crippen LogP contribution in [0.15, 0.2) is 12.4 Å². The van der Waals surface area contributed by atoms with Gasteiger partial charge in [0.2, 0.25) is 5.91 Å². The highest BCUT2D eigenvalue weighted by molar-refractivity contribution is 5.79. The fraction of sp³-hybridized carbons (Fsp3) is 0.688. The van der Waals surface area contributed by atoms with Crippen LogP contribution < -0.4 is 4.90 Å². The summed E-state index contributed by atoms with van der Waals surface area (Å²) in [6.07, 6.45) is -3.32. The SMILES string of the molecule is COCCN1C[C@]2(COCCN(c3cc(C(F)(F)F)ncn3)C2)CC1=O. The van der Waals surface area contributed by atoms with Crippen LogP contribution in [-0.4, -0.2) is 73.9 Å². The second-order valence-electron chi connectivity index (χ2n) is 6.72. The van der Waals surface area contributed by atoms with E-state index in [2.05, 4.69) is 9.97 Å². The maximum Gasteiger partial charge on any atom is 0.433 e. The molecule has 1 amide bonds. The summed E-state index contributed by atoms with van der Waals surface area (Å²) in [5, 5.41) is 0. The molecule has 0 N–H and O–H groups in total. The van der Waals surface area contributed by atoms with Gasteiger partial charge in [-0.1, -0.05) is 0 Å². The Bertz CT molecular complexity index is 658. The summed E-state index contributed by atoms with van der Waals surface area (Å²) in [4.78, 5) is 23.1. The molecule has 2 aliphatic heterocycles. The predicted octanol–water partition coefficient (Wildman–Crippen LogP) is 1.20. The van der Waals surface area contributed by atoms with Crippen molar-refractivity contribution in [2.24, 2.45) is 5.41 Å². The van der Waals surface area contributed by atoms with E-state index < -0.39 is 17.3 Å². The quantitative estimate of drug-likeness (QED) is 0.789. The summed E-state index contributed by atoms with van der Waals surface area (Å²) in [5.74, 6) is 0.200. The van der Waals surface area contributed by atoms with E-state index in [-0.39, 0.29) is 11.7 Å². The number of hydrogen-bond acceptors (Lipinski definition) is 6. The molecule has 10 heteroatoms. The number of carbonyl (C=O) groups excluding carboxylic acids is 1. The number of likely N-dealkylation sites (tertiary alicyclic amines) is 1. The Labute approximate surface area is 149 Å². The largest absolute Gasteiger partial charge is 0.433 e. The Balaban J connectivity index is 1.79. The lowest BCUT2D eigenvalue weighted by Crippen LogP contribution is -2.41. The van der Waals surface area contributed by atoms with E-state index in [1.165, 1.54) is 0 Å². The summed E-state index contributed by atoms with van der Waals surface area (Å²) < 4.78 is 49.5. The van der Waals surface area contributed by atoms with Gasteiger partial charge in [0.05, 0.1) is 19.8 Å². The maximum atomic E-state index is 12.9. The molecule has 2 fully saturated rings. The van der Waals surface area contributed by atoms with Gasteiger partial charge in [-0.25, -0.2) is 9.97 Å². The molecular weight excluding hydrogens is 353 g/mol. The van der Waals surface area contributed by atoms with Crippen molar-refractivity contribution in [1.82, 2.24) is 14.9 Å².